The Hall–Kier alpha value is -1.99. The van der Waals surface area contributed by atoms with E-state index < -0.39 is 0 Å². The molecule has 2 aliphatic rings. The van der Waals surface area contributed by atoms with Crippen LogP contribution in [0.4, 0.5) is 10.1 Å². The molecule has 2 fully saturated rings. The lowest BCUT2D eigenvalue weighted by Gasteiger charge is -2.42. The van der Waals surface area contributed by atoms with Crippen LogP contribution < -0.4 is 15.1 Å². The maximum absolute atomic E-state index is 13.1. The molecule has 3 rings (SSSR count). The summed E-state index contributed by atoms with van der Waals surface area (Å²) in [5.74, 6) is -0.0999. The van der Waals surface area contributed by atoms with E-state index in [1.54, 1.807) is 12.1 Å². The maximum atomic E-state index is 13.1. The molecule has 2 aliphatic heterocycles. The lowest BCUT2D eigenvalue weighted by atomic mass is 9.96. The van der Waals surface area contributed by atoms with Crippen molar-refractivity contribution in [2.75, 3.05) is 38.0 Å². The second kappa shape index (κ2) is 9.67. The molecule has 6 nitrogen and oxygen atoms in total. The first kappa shape index (κ1) is 21.7. The number of amides is 2. The molecule has 3 atom stereocenters. The lowest BCUT2D eigenvalue weighted by molar-refractivity contribution is -1.02. The molecular weight excluding hydrogens is 371 g/mol. The first-order chi connectivity index (χ1) is 13.8. The van der Waals surface area contributed by atoms with E-state index in [1.165, 1.54) is 28.4 Å². The van der Waals surface area contributed by atoms with Crippen molar-refractivity contribution in [3.05, 3.63) is 30.1 Å². The van der Waals surface area contributed by atoms with Crippen LogP contribution in [0.3, 0.4) is 0 Å². The van der Waals surface area contributed by atoms with Crippen LogP contribution >= 0.6 is 0 Å². The number of nitrogens with zero attached hydrogens (tertiary/aromatic N) is 1. The van der Waals surface area contributed by atoms with Crippen molar-refractivity contribution in [3.8, 4) is 0 Å². The third kappa shape index (κ3) is 5.54. The number of piperidine rings is 1. The predicted octanol–water partition coefficient (Wildman–Crippen LogP) is -0.274. The highest BCUT2D eigenvalue weighted by molar-refractivity contribution is 5.91. The summed E-state index contributed by atoms with van der Waals surface area (Å²) in [5.41, 5.74) is 0.615. The number of hydrogen-bond acceptors (Lipinski definition) is 2. The van der Waals surface area contributed by atoms with Crippen LogP contribution in [0.15, 0.2) is 24.3 Å². The van der Waals surface area contributed by atoms with Gasteiger partial charge in [0.2, 0.25) is 0 Å². The molecule has 2 saturated heterocycles. The van der Waals surface area contributed by atoms with E-state index in [0.717, 1.165) is 39.0 Å². The minimum atomic E-state index is -0.315. The van der Waals surface area contributed by atoms with Crippen LogP contribution in [-0.2, 0) is 9.59 Å². The fraction of sp³-hybridized carbons (Fsp3) is 0.636. The highest BCUT2D eigenvalue weighted by Crippen LogP contribution is 2.22. The number of piperazine rings is 1. The van der Waals surface area contributed by atoms with Gasteiger partial charge in [-0.05, 0) is 64.3 Å². The number of benzene rings is 1. The van der Waals surface area contributed by atoms with E-state index in [0.29, 0.717) is 24.3 Å². The van der Waals surface area contributed by atoms with Crippen LogP contribution in [0, 0.1) is 5.82 Å². The Bertz CT molecular complexity index is 693. The average molecular weight is 407 g/mol. The Balaban J connectivity index is 1.46. The summed E-state index contributed by atoms with van der Waals surface area (Å²) in [5, 5.41) is 2.83. The summed E-state index contributed by atoms with van der Waals surface area (Å²) in [4.78, 5) is 30.0. The minimum absolute atomic E-state index is 0.0346. The van der Waals surface area contributed by atoms with Gasteiger partial charge in [-0.1, -0.05) is 0 Å². The van der Waals surface area contributed by atoms with Gasteiger partial charge in [0.05, 0.1) is 0 Å². The fourth-order valence-corrected chi connectivity index (χ4v) is 4.75. The zero-order chi connectivity index (χ0) is 21.0. The van der Waals surface area contributed by atoms with Gasteiger partial charge < -0.3 is 20.0 Å². The van der Waals surface area contributed by atoms with Crippen molar-refractivity contribution in [2.45, 2.75) is 58.2 Å². The highest BCUT2D eigenvalue weighted by atomic mass is 19.1. The van der Waals surface area contributed by atoms with Crippen LogP contribution in [0.5, 0.6) is 0 Å². The van der Waals surface area contributed by atoms with Crippen molar-refractivity contribution in [2.24, 2.45) is 0 Å². The molecule has 0 spiro atoms. The molecular formula is C22H35FN4O2+2. The first-order valence-electron chi connectivity index (χ1n) is 10.9. The van der Waals surface area contributed by atoms with Gasteiger partial charge in [-0.3, -0.25) is 9.59 Å². The molecule has 0 aromatic heterocycles. The highest BCUT2D eigenvalue weighted by Gasteiger charge is 2.38. The molecule has 0 unspecified atom stereocenters. The lowest BCUT2D eigenvalue weighted by Crippen LogP contribution is -3.30. The number of nitrogens with one attached hydrogen (secondary N) is 3. The molecule has 1 aromatic rings. The number of hydrogen-bond donors (Lipinski definition) is 3. The quantitative estimate of drug-likeness (QED) is 0.630. The Morgan fingerprint density at radius 2 is 1.69 bits per heavy atom. The number of likely N-dealkylation sites (tertiary alicyclic amines) is 1. The fourth-order valence-electron chi connectivity index (χ4n) is 4.75. The zero-order valence-electron chi connectivity index (χ0n) is 17.8. The third-order valence-corrected chi connectivity index (χ3v) is 6.57. The van der Waals surface area contributed by atoms with Crippen LogP contribution in [0.1, 0.15) is 40.0 Å². The number of anilines is 1. The smallest absolute Gasteiger partial charge is 0.281 e. The molecule has 0 aliphatic carbocycles. The Labute approximate surface area is 173 Å². The summed E-state index contributed by atoms with van der Waals surface area (Å²) in [6.07, 6.45) is 3.40. The third-order valence-electron chi connectivity index (χ3n) is 6.57. The van der Waals surface area contributed by atoms with Gasteiger partial charge in [0.15, 0.2) is 12.6 Å². The van der Waals surface area contributed by atoms with Crippen molar-refractivity contribution in [3.63, 3.8) is 0 Å². The molecule has 160 valence electrons. The predicted molar refractivity (Wildman–Crippen MR) is 110 cm³/mol. The number of halogens is 1. The van der Waals surface area contributed by atoms with E-state index in [9.17, 15) is 14.0 Å². The summed E-state index contributed by atoms with van der Waals surface area (Å²) in [7, 11) is 0. The molecule has 29 heavy (non-hydrogen) atoms. The van der Waals surface area contributed by atoms with Crippen molar-refractivity contribution in [1.29, 1.82) is 0 Å². The van der Waals surface area contributed by atoms with Crippen molar-refractivity contribution in [1.82, 2.24) is 4.90 Å². The minimum Gasteiger partial charge on any atom is -0.332 e. The van der Waals surface area contributed by atoms with Gasteiger partial charge in [0.1, 0.15) is 32.0 Å². The second-order valence-corrected chi connectivity index (χ2v) is 8.74. The van der Waals surface area contributed by atoms with Crippen LogP contribution in [-0.4, -0.2) is 67.6 Å². The molecule has 0 bridgehead atoms. The summed E-state index contributed by atoms with van der Waals surface area (Å²) >= 11 is 0. The van der Waals surface area contributed by atoms with E-state index in [2.05, 4.69) is 31.0 Å². The summed E-state index contributed by atoms with van der Waals surface area (Å²) in [6, 6.07) is 6.44. The van der Waals surface area contributed by atoms with Gasteiger partial charge in [-0.25, -0.2) is 4.39 Å². The topological polar surface area (TPSA) is 58.3 Å². The largest absolute Gasteiger partial charge is 0.332 e. The van der Waals surface area contributed by atoms with E-state index >= 15 is 0 Å². The number of carbonyl (C=O) groups is 2. The zero-order valence-corrected chi connectivity index (χ0v) is 17.8. The van der Waals surface area contributed by atoms with Crippen LogP contribution in [0.25, 0.3) is 0 Å². The van der Waals surface area contributed by atoms with E-state index in [4.69, 9.17) is 0 Å². The maximum Gasteiger partial charge on any atom is 0.281 e. The number of quaternary nitrogens is 2. The molecule has 1 aromatic carbocycles. The Morgan fingerprint density at radius 3 is 2.28 bits per heavy atom. The average Bonchev–Trinajstić information content (AvgIpc) is 2.69. The molecule has 2 heterocycles. The Morgan fingerprint density at radius 1 is 1.10 bits per heavy atom. The van der Waals surface area contributed by atoms with Crippen molar-refractivity contribution < 1.29 is 23.8 Å². The molecule has 3 N–H and O–H groups in total. The van der Waals surface area contributed by atoms with Gasteiger partial charge in [0, 0.05) is 17.8 Å². The number of carbonyl (C=O) groups excluding carboxylic acids is 2. The normalized spacial score (nSPS) is 28.6. The first-order valence-corrected chi connectivity index (χ1v) is 10.9. The molecule has 7 heteroatoms. The van der Waals surface area contributed by atoms with Crippen molar-refractivity contribution >= 4 is 17.5 Å². The van der Waals surface area contributed by atoms with Gasteiger partial charge in [0.25, 0.3) is 11.8 Å². The van der Waals surface area contributed by atoms with Gasteiger partial charge in [-0.2, -0.15) is 0 Å². The SMILES string of the molecule is C[C@@H]1CCC[C@H](C)N1C(=O)[C@@H](C)[NH+]1CC[NH+](CC(=O)Nc2ccc(F)cc2)CC1. The molecule has 2 amide bonds. The summed E-state index contributed by atoms with van der Waals surface area (Å²) < 4.78 is 13.0. The van der Waals surface area contributed by atoms with Gasteiger partial charge in [-0.15, -0.1) is 0 Å². The summed E-state index contributed by atoms with van der Waals surface area (Å²) in [6.45, 7) is 10.3. The second-order valence-electron chi connectivity index (χ2n) is 8.74. The standard InChI is InChI=1S/C22H33FN4O2/c1-16-5-4-6-17(2)27(16)22(29)18(3)26-13-11-25(12-14-26)15-21(28)24-20-9-7-19(23)8-10-20/h7-10,16-18H,4-6,11-15H2,1-3H3,(H,24,28)/p+2/t16-,17+,18-/m1/s1. The molecule has 0 saturated carbocycles. The molecule has 0 radical (unpaired) electrons. The van der Waals surface area contributed by atoms with Gasteiger partial charge >= 0.3 is 0 Å². The van der Waals surface area contributed by atoms with E-state index in [1.807, 2.05) is 0 Å². The Kier molecular flexibility index (Phi) is 7.24. The number of rotatable bonds is 5. The van der Waals surface area contributed by atoms with Crippen LogP contribution in [0.2, 0.25) is 0 Å². The van der Waals surface area contributed by atoms with E-state index in [-0.39, 0.29) is 23.7 Å². The monoisotopic (exact) mass is 406 g/mol.